The van der Waals surface area contributed by atoms with Gasteiger partial charge >= 0.3 is 6.03 Å². The third kappa shape index (κ3) is 1.59. The van der Waals surface area contributed by atoms with Crippen LogP contribution in [0.5, 0.6) is 0 Å². The average molecular weight is 128 g/mol. The van der Waals surface area contributed by atoms with Gasteiger partial charge in [0, 0.05) is 13.1 Å². The Morgan fingerprint density at radius 1 is 1.33 bits per heavy atom. The van der Waals surface area contributed by atoms with E-state index < -0.39 is 0 Å². The van der Waals surface area contributed by atoms with Crippen molar-refractivity contribution in [3.63, 3.8) is 0 Å². The fourth-order valence-corrected chi connectivity index (χ4v) is 0.764. The van der Waals surface area contributed by atoms with E-state index in [4.69, 9.17) is 0 Å². The topological polar surface area (TPSA) is 41.1 Å². The molecular formula is C6H12N2O. The van der Waals surface area contributed by atoms with Gasteiger partial charge in [-0.15, -0.1) is 0 Å². The largest absolute Gasteiger partial charge is 0.338 e. The van der Waals surface area contributed by atoms with Gasteiger partial charge in [-0.05, 0) is 5.41 Å². The van der Waals surface area contributed by atoms with E-state index >= 15 is 0 Å². The summed E-state index contributed by atoms with van der Waals surface area (Å²) in [5.41, 5.74) is 0.216. The Morgan fingerprint density at radius 3 is 2.11 bits per heavy atom. The van der Waals surface area contributed by atoms with Gasteiger partial charge in [-0.2, -0.15) is 0 Å². The molecule has 0 aromatic rings. The van der Waals surface area contributed by atoms with Crippen molar-refractivity contribution >= 4 is 6.03 Å². The molecule has 52 valence electrons. The lowest BCUT2D eigenvalue weighted by Crippen LogP contribution is -2.52. The first-order chi connectivity index (χ1) is 4.10. The van der Waals surface area contributed by atoms with Crippen molar-refractivity contribution < 1.29 is 4.79 Å². The highest BCUT2D eigenvalue weighted by Crippen LogP contribution is 2.13. The zero-order chi connectivity index (χ0) is 6.91. The van der Waals surface area contributed by atoms with Crippen molar-refractivity contribution in [2.45, 2.75) is 13.8 Å². The van der Waals surface area contributed by atoms with Crippen LogP contribution in [0, 0.1) is 5.41 Å². The lowest BCUT2D eigenvalue weighted by Gasteiger charge is -2.30. The van der Waals surface area contributed by atoms with Gasteiger partial charge in [0.25, 0.3) is 0 Å². The highest BCUT2D eigenvalue weighted by Gasteiger charge is 2.23. The third-order valence-corrected chi connectivity index (χ3v) is 1.45. The van der Waals surface area contributed by atoms with Crippen LogP contribution in [0.4, 0.5) is 4.79 Å². The predicted octanol–water partition coefficient (Wildman–Crippen LogP) is 0.325. The Hall–Kier alpha value is -0.730. The molecule has 0 aliphatic carbocycles. The van der Waals surface area contributed by atoms with Crippen LogP contribution in [0.2, 0.25) is 0 Å². The normalized spacial score (nSPS) is 24.4. The van der Waals surface area contributed by atoms with Gasteiger partial charge in [-0.25, -0.2) is 4.79 Å². The van der Waals surface area contributed by atoms with E-state index in [1.54, 1.807) is 0 Å². The van der Waals surface area contributed by atoms with Crippen LogP contribution in [-0.2, 0) is 0 Å². The molecule has 0 atom stereocenters. The maximum Gasteiger partial charge on any atom is 0.314 e. The molecule has 0 aromatic carbocycles. The Morgan fingerprint density at radius 2 is 1.78 bits per heavy atom. The van der Waals surface area contributed by atoms with E-state index in [1.807, 2.05) is 0 Å². The van der Waals surface area contributed by atoms with E-state index in [9.17, 15) is 4.79 Å². The second-order valence-corrected chi connectivity index (χ2v) is 3.20. The molecule has 0 unspecified atom stereocenters. The Balaban J connectivity index is 2.44. The van der Waals surface area contributed by atoms with Gasteiger partial charge in [0.2, 0.25) is 0 Å². The molecule has 1 saturated heterocycles. The SMILES string of the molecule is CC1(C)CNC(=O)NC1. The first-order valence-corrected chi connectivity index (χ1v) is 3.12. The summed E-state index contributed by atoms with van der Waals surface area (Å²) in [6, 6.07) is -0.0469. The Bertz CT molecular complexity index is 119. The maximum atomic E-state index is 10.5. The Kier molecular flexibility index (Phi) is 1.35. The molecular weight excluding hydrogens is 116 g/mol. The number of hydrogen-bond donors (Lipinski definition) is 2. The van der Waals surface area contributed by atoms with Crippen LogP contribution in [0.3, 0.4) is 0 Å². The van der Waals surface area contributed by atoms with E-state index in [0.717, 1.165) is 13.1 Å². The molecule has 2 N–H and O–H groups in total. The minimum atomic E-state index is -0.0469. The van der Waals surface area contributed by atoms with E-state index in [1.165, 1.54) is 0 Å². The second kappa shape index (κ2) is 1.90. The molecule has 9 heavy (non-hydrogen) atoms. The van der Waals surface area contributed by atoms with Crippen LogP contribution in [-0.4, -0.2) is 19.1 Å². The maximum absolute atomic E-state index is 10.5. The number of hydrogen-bond acceptors (Lipinski definition) is 1. The van der Waals surface area contributed by atoms with Crippen LogP contribution >= 0.6 is 0 Å². The number of urea groups is 1. The molecule has 0 aromatic heterocycles. The molecule has 1 heterocycles. The van der Waals surface area contributed by atoms with E-state index in [-0.39, 0.29) is 11.4 Å². The van der Waals surface area contributed by atoms with Gasteiger partial charge in [0.05, 0.1) is 0 Å². The van der Waals surface area contributed by atoms with Crippen molar-refractivity contribution in [3.8, 4) is 0 Å². The highest BCUT2D eigenvalue weighted by molar-refractivity contribution is 5.74. The molecule has 1 fully saturated rings. The third-order valence-electron chi connectivity index (χ3n) is 1.45. The molecule has 0 radical (unpaired) electrons. The summed E-state index contributed by atoms with van der Waals surface area (Å²) >= 11 is 0. The van der Waals surface area contributed by atoms with Crippen molar-refractivity contribution in [1.82, 2.24) is 10.6 Å². The number of nitrogens with one attached hydrogen (secondary N) is 2. The van der Waals surface area contributed by atoms with Crippen molar-refractivity contribution in [1.29, 1.82) is 0 Å². The summed E-state index contributed by atoms with van der Waals surface area (Å²) in [5.74, 6) is 0. The lowest BCUT2D eigenvalue weighted by atomic mass is 9.92. The standard InChI is InChI=1S/C6H12N2O/c1-6(2)3-7-5(9)8-4-6/h3-4H2,1-2H3,(H2,7,8,9). The van der Waals surface area contributed by atoms with Gasteiger partial charge in [0.15, 0.2) is 0 Å². The molecule has 3 nitrogen and oxygen atoms in total. The minimum absolute atomic E-state index is 0.0469. The Labute approximate surface area is 54.8 Å². The fourth-order valence-electron chi connectivity index (χ4n) is 0.764. The summed E-state index contributed by atoms with van der Waals surface area (Å²) in [5, 5.41) is 5.44. The molecule has 1 aliphatic rings. The molecule has 1 rings (SSSR count). The van der Waals surface area contributed by atoms with Gasteiger partial charge in [-0.3, -0.25) is 0 Å². The molecule has 2 amide bonds. The van der Waals surface area contributed by atoms with Gasteiger partial charge < -0.3 is 10.6 Å². The summed E-state index contributed by atoms with van der Waals surface area (Å²) in [6.07, 6.45) is 0. The quantitative estimate of drug-likeness (QED) is 0.485. The first-order valence-electron chi connectivity index (χ1n) is 3.12. The second-order valence-electron chi connectivity index (χ2n) is 3.20. The fraction of sp³-hybridized carbons (Fsp3) is 0.833. The van der Waals surface area contributed by atoms with E-state index in [2.05, 4.69) is 24.5 Å². The van der Waals surface area contributed by atoms with Crippen molar-refractivity contribution in [2.24, 2.45) is 5.41 Å². The summed E-state index contributed by atoms with van der Waals surface area (Å²) < 4.78 is 0. The molecule has 3 heteroatoms. The van der Waals surface area contributed by atoms with E-state index in [0.29, 0.717) is 0 Å². The highest BCUT2D eigenvalue weighted by atomic mass is 16.2. The number of carbonyl (C=O) groups is 1. The van der Waals surface area contributed by atoms with Crippen LogP contribution < -0.4 is 10.6 Å². The summed E-state index contributed by atoms with van der Waals surface area (Å²) in [7, 11) is 0. The number of carbonyl (C=O) groups excluding carboxylic acids is 1. The zero-order valence-corrected chi connectivity index (χ0v) is 5.82. The van der Waals surface area contributed by atoms with Gasteiger partial charge in [0.1, 0.15) is 0 Å². The van der Waals surface area contributed by atoms with Crippen LogP contribution in [0.15, 0.2) is 0 Å². The predicted molar refractivity (Wildman–Crippen MR) is 35.2 cm³/mol. The minimum Gasteiger partial charge on any atom is -0.338 e. The smallest absolute Gasteiger partial charge is 0.314 e. The monoisotopic (exact) mass is 128 g/mol. The molecule has 1 aliphatic heterocycles. The van der Waals surface area contributed by atoms with Gasteiger partial charge in [-0.1, -0.05) is 13.8 Å². The van der Waals surface area contributed by atoms with Crippen LogP contribution in [0.1, 0.15) is 13.8 Å². The molecule has 0 saturated carbocycles. The lowest BCUT2D eigenvalue weighted by molar-refractivity contribution is 0.213. The number of rotatable bonds is 0. The molecule has 0 spiro atoms. The van der Waals surface area contributed by atoms with Crippen LogP contribution in [0.25, 0.3) is 0 Å². The zero-order valence-electron chi connectivity index (χ0n) is 5.82. The van der Waals surface area contributed by atoms with Crippen molar-refractivity contribution in [3.05, 3.63) is 0 Å². The average Bonchev–Trinajstić information content (AvgIpc) is 1.78. The summed E-state index contributed by atoms with van der Waals surface area (Å²) in [6.45, 7) is 5.77. The first kappa shape index (κ1) is 6.39. The van der Waals surface area contributed by atoms with Crippen molar-refractivity contribution in [2.75, 3.05) is 13.1 Å². The number of amides is 2. The molecule has 0 bridgehead atoms. The summed E-state index contributed by atoms with van der Waals surface area (Å²) in [4.78, 5) is 10.5.